The summed E-state index contributed by atoms with van der Waals surface area (Å²) < 4.78 is 0. The van der Waals surface area contributed by atoms with Crippen molar-refractivity contribution in [3.63, 3.8) is 0 Å². The van der Waals surface area contributed by atoms with E-state index in [9.17, 15) is 9.59 Å². The number of benzene rings is 2. The van der Waals surface area contributed by atoms with Crippen molar-refractivity contribution >= 4 is 28.8 Å². The van der Waals surface area contributed by atoms with Crippen molar-refractivity contribution < 1.29 is 9.59 Å². The van der Waals surface area contributed by atoms with Gasteiger partial charge in [0.1, 0.15) is 0 Å². The summed E-state index contributed by atoms with van der Waals surface area (Å²) in [5.74, 6) is -0.684. The summed E-state index contributed by atoms with van der Waals surface area (Å²) in [7, 11) is 5.26. The fraction of sp³-hybridized carbons (Fsp3) is 0.217. The molecule has 1 atom stereocenters. The van der Waals surface area contributed by atoms with Crippen LogP contribution < -0.4 is 16.4 Å². The monoisotopic (exact) mass is 422 g/mol. The van der Waals surface area contributed by atoms with Crippen molar-refractivity contribution in [2.75, 3.05) is 33.4 Å². The Morgan fingerprint density at radius 3 is 2.40 bits per heavy atom. The Balaban J connectivity index is 2.17. The van der Waals surface area contributed by atoms with E-state index in [1.807, 2.05) is 54.0 Å². The lowest BCUT2D eigenvalue weighted by atomic mass is 9.84. The molecule has 7 heteroatoms. The summed E-state index contributed by atoms with van der Waals surface area (Å²) >= 11 is 1.59. The lowest BCUT2D eigenvalue weighted by molar-refractivity contribution is -0.127. The van der Waals surface area contributed by atoms with Gasteiger partial charge in [0.15, 0.2) is 5.54 Å². The zero-order valence-corrected chi connectivity index (χ0v) is 18.1. The molecule has 0 saturated heterocycles. The van der Waals surface area contributed by atoms with Crippen LogP contribution in [0.3, 0.4) is 0 Å². The average molecular weight is 423 g/mol. The van der Waals surface area contributed by atoms with Gasteiger partial charge in [-0.2, -0.15) is 11.3 Å². The van der Waals surface area contributed by atoms with Crippen LogP contribution in [-0.2, 0) is 10.3 Å². The van der Waals surface area contributed by atoms with Gasteiger partial charge < -0.3 is 21.3 Å². The van der Waals surface area contributed by atoms with Gasteiger partial charge in [0.2, 0.25) is 0 Å². The Labute approximate surface area is 180 Å². The maximum absolute atomic E-state index is 13.3. The molecule has 156 valence electrons. The number of thiophene rings is 1. The Morgan fingerprint density at radius 1 is 1.07 bits per heavy atom. The van der Waals surface area contributed by atoms with E-state index in [1.54, 1.807) is 48.7 Å². The van der Waals surface area contributed by atoms with E-state index in [-0.39, 0.29) is 18.4 Å². The second kappa shape index (κ2) is 9.11. The van der Waals surface area contributed by atoms with E-state index in [1.165, 1.54) is 0 Å². The third-order valence-electron chi connectivity index (χ3n) is 4.90. The van der Waals surface area contributed by atoms with Gasteiger partial charge in [-0.15, -0.1) is 0 Å². The number of carbonyl (C=O) groups is 2. The summed E-state index contributed by atoms with van der Waals surface area (Å²) in [6.07, 6.45) is 0. The topological polar surface area (TPSA) is 87.5 Å². The van der Waals surface area contributed by atoms with Gasteiger partial charge in [-0.1, -0.05) is 24.3 Å². The van der Waals surface area contributed by atoms with Crippen molar-refractivity contribution in [3.8, 4) is 11.1 Å². The number of nitrogen functional groups attached to an aromatic ring is 1. The van der Waals surface area contributed by atoms with Crippen LogP contribution in [0.4, 0.5) is 5.69 Å². The SMILES string of the molecule is CNC(=O)C(CN(C)C)(NC(=O)c1ccccc1)c1cc(-c2ccsc2)ccc1N. The number of nitrogens with zero attached hydrogens (tertiary/aromatic N) is 1. The predicted octanol–water partition coefficient (Wildman–Crippen LogP) is 2.93. The van der Waals surface area contributed by atoms with E-state index >= 15 is 0 Å². The maximum atomic E-state index is 13.3. The Morgan fingerprint density at radius 2 is 1.80 bits per heavy atom. The van der Waals surface area contributed by atoms with Crippen molar-refractivity contribution in [1.82, 2.24) is 15.5 Å². The minimum absolute atomic E-state index is 0.239. The van der Waals surface area contributed by atoms with Crippen LogP contribution in [0.1, 0.15) is 15.9 Å². The molecule has 1 heterocycles. The van der Waals surface area contributed by atoms with Crippen LogP contribution in [0.2, 0.25) is 0 Å². The molecule has 0 bridgehead atoms. The fourth-order valence-electron chi connectivity index (χ4n) is 3.52. The van der Waals surface area contributed by atoms with Gasteiger partial charge in [-0.05, 0) is 66.3 Å². The number of nitrogens with two attached hydrogens (primary N) is 1. The summed E-state index contributed by atoms with van der Waals surface area (Å²) in [5.41, 5.74) is 8.42. The number of carbonyl (C=O) groups excluding carboxylic acids is 2. The highest BCUT2D eigenvalue weighted by Crippen LogP contribution is 2.33. The van der Waals surface area contributed by atoms with Crippen LogP contribution in [0.15, 0.2) is 65.4 Å². The summed E-state index contributed by atoms with van der Waals surface area (Å²) in [4.78, 5) is 28.3. The van der Waals surface area contributed by atoms with E-state index in [4.69, 9.17) is 5.73 Å². The van der Waals surface area contributed by atoms with E-state index in [0.717, 1.165) is 11.1 Å². The lowest BCUT2D eigenvalue weighted by Gasteiger charge is -2.36. The van der Waals surface area contributed by atoms with Crippen LogP contribution in [0.5, 0.6) is 0 Å². The number of amides is 2. The maximum Gasteiger partial charge on any atom is 0.252 e. The Hall–Kier alpha value is -3.16. The first-order chi connectivity index (χ1) is 14.4. The molecule has 0 saturated carbocycles. The number of hydrogen-bond acceptors (Lipinski definition) is 5. The second-order valence-corrected chi connectivity index (χ2v) is 8.14. The van der Waals surface area contributed by atoms with Gasteiger partial charge in [0.05, 0.1) is 0 Å². The van der Waals surface area contributed by atoms with Crippen molar-refractivity contribution in [2.24, 2.45) is 0 Å². The minimum atomic E-state index is -1.37. The first kappa shape index (κ1) is 21.5. The van der Waals surface area contributed by atoms with E-state index in [0.29, 0.717) is 16.8 Å². The molecule has 0 radical (unpaired) electrons. The molecule has 0 aliphatic carbocycles. The van der Waals surface area contributed by atoms with Gasteiger partial charge in [0, 0.05) is 30.4 Å². The molecule has 30 heavy (non-hydrogen) atoms. The van der Waals surface area contributed by atoms with Crippen LogP contribution >= 0.6 is 11.3 Å². The summed E-state index contributed by atoms with van der Waals surface area (Å²) in [5, 5.41) is 9.73. The molecular formula is C23H26N4O2S. The number of rotatable bonds is 7. The van der Waals surface area contributed by atoms with E-state index in [2.05, 4.69) is 10.6 Å². The predicted molar refractivity (Wildman–Crippen MR) is 122 cm³/mol. The lowest BCUT2D eigenvalue weighted by Crippen LogP contribution is -2.60. The van der Waals surface area contributed by atoms with Crippen molar-refractivity contribution in [2.45, 2.75) is 5.54 Å². The molecular weight excluding hydrogens is 396 g/mol. The zero-order valence-electron chi connectivity index (χ0n) is 17.3. The molecule has 1 unspecified atom stereocenters. The van der Waals surface area contributed by atoms with Crippen molar-refractivity contribution in [3.05, 3.63) is 76.5 Å². The van der Waals surface area contributed by atoms with E-state index < -0.39 is 5.54 Å². The number of hydrogen-bond donors (Lipinski definition) is 3. The number of anilines is 1. The molecule has 2 aromatic carbocycles. The normalized spacial score (nSPS) is 12.9. The van der Waals surface area contributed by atoms with Crippen LogP contribution in [0, 0.1) is 0 Å². The molecule has 0 aliphatic heterocycles. The highest BCUT2D eigenvalue weighted by Gasteiger charge is 2.43. The largest absolute Gasteiger partial charge is 0.398 e. The molecule has 0 spiro atoms. The standard InChI is InChI=1S/C23H26N4O2S/c1-25-22(29)23(15-27(2)3,26-21(28)16-7-5-4-6-8-16)19-13-17(9-10-20(19)24)18-11-12-30-14-18/h4-14H,15,24H2,1-3H3,(H,25,29)(H,26,28). The first-order valence-corrected chi connectivity index (χ1v) is 10.5. The Kier molecular flexibility index (Phi) is 6.54. The summed E-state index contributed by atoms with van der Waals surface area (Å²) in [6, 6.07) is 16.4. The smallest absolute Gasteiger partial charge is 0.252 e. The highest BCUT2D eigenvalue weighted by atomic mass is 32.1. The molecule has 0 aliphatic rings. The molecule has 6 nitrogen and oxygen atoms in total. The van der Waals surface area contributed by atoms with Gasteiger partial charge in [0.25, 0.3) is 11.8 Å². The zero-order chi connectivity index (χ0) is 21.7. The second-order valence-electron chi connectivity index (χ2n) is 7.36. The van der Waals surface area contributed by atoms with Gasteiger partial charge in [-0.25, -0.2) is 0 Å². The van der Waals surface area contributed by atoms with Crippen molar-refractivity contribution in [1.29, 1.82) is 0 Å². The molecule has 1 aromatic heterocycles. The third-order valence-corrected chi connectivity index (χ3v) is 5.58. The molecule has 0 fully saturated rings. The number of nitrogens with one attached hydrogen (secondary N) is 2. The third kappa shape index (κ3) is 4.37. The van der Waals surface area contributed by atoms with Crippen LogP contribution in [0.25, 0.3) is 11.1 Å². The Bertz CT molecular complexity index is 1020. The highest BCUT2D eigenvalue weighted by molar-refractivity contribution is 7.08. The van der Waals surface area contributed by atoms with Gasteiger partial charge in [-0.3, -0.25) is 9.59 Å². The molecule has 4 N–H and O–H groups in total. The first-order valence-electron chi connectivity index (χ1n) is 9.54. The fourth-order valence-corrected chi connectivity index (χ4v) is 4.19. The summed E-state index contributed by atoms with van der Waals surface area (Å²) in [6.45, 7) is 0.239. The minimum Gasteiger partial charge on any atom is -0.398 e. The number of likely N-dealkylation sites (N-methyl/N-ethyl adjacent to an activating group) is 2. The average Bonchev–Trinajstić information content (AvgIpc) is 3.28. The quantitative estimate of drug-likeness (QED) is 0.511. The molecule has 3 aromatic rings. The van der Waals surface area contributed by atoms with Gasteiger partial charge >= 0.3 is 0 Å². The molecule has 3 rings (SSSR count). The van der Waals surface area contributed by atoms with Crippen LogP contribution in [-0.4, -0.2) is 44.4 Å². The molecule has 2 amide bonds.